The number of rotatable bonds is 3. The van der Waals surface area contributed by atoms with Gasteiger partial charge in [-0.25, -0.2) is 4.79 Å². The Morgan fingerprint density at radius 3 is 2.85 bits per heavy atom. The first-order valence-corrected chi connectivity index (χ1v) is 9.52. The van der Waals surface area contributed by atoms with Crippen LogP contribution in [0, 0.1) is 6.92 Å². The number of amides is 3. The van der Waals surface area contributed by atoms with Crippen LogP contribution in [0.5, 0.6) is 0 Å². The zero-order valence-corrected chi connectivity index (χ0v) is 15.5. The molecule has 4 rings (SSSR count). The molecular weight excluding hydrogens is 340 g/mol. The van der Waals surface area contributed by atoms with Gasteiger partial charge in [-0.3, -0.25) is 14.7 Å². The highest BCUT2D eigenvalue weighted by molar-refractivity contribution is 5.99. The molecule has 6 nitrogen and oxygen atoms in total. The first-order valence-electron chi connectivity index (χ1n) is 9.52. The van der Waals surface area contributed by atoms with Crippen LogP contribution in [0.3, 0.4) is 0 Å². The molecule has 27 heavy (non-hydrogen) atoms. The van der Waals surface area contributed by atoms with E-state index < -0.39 is 0 Å². The summed E-state index contributed by atoms with van der Waals surface area (Å²) in [6.45, 7) is 3.96. The number of hydrogen-bond donors (Lipinski definition) is 1. The summed E-state index contributed by atoms with van der Waals surface area (Å²) in [7, 11) is 0. The quantitative estimate of drug-likeness (QED) is 0.909. The third kappa shape index (κ3) is 3.39. The van der Waals surface area contributed by atoms with E-state index in [0.29, 0.717) is 18.7 Å². The maximum absolute atomic E-state index is 13.3. The number of hydrogen-bond acceptors (Lipinski definition) is 3. The summed E-state index contributed by atoms with van der Waals surface area (Å²) >= 11 is 0. The molecule has 3 amide bonds. The highest BCUT2D eigenvalue weighted by Gasteiger charge is 2.30. The lowest BCUT2D eigenvalue weighted by atomic mass is 9.95. The molecule has 2 aliphatic heterocycles. The summed E-state index contributed by atoms with van der Waals surface area (Å²) in [5.41, 5.74) is 3.51. The maximum Gasteiger partial charge on any atom is 0.322 e. The van der Waals surface area contributed by atoms with Gasteiger partial charge in [0.25, 0.3) is 5.91 Å². The Balaban J connectivity index is 1.64. The van der Waals surface area contributed by atoms with Crippen LogP contribution in [-0.2, 0) is 0 Å². The van der Waals surface area contributed by atoms with Crippen LogP contribution in [0.4, 0.5) is 10.5 Å². The fourth-order valence-electron chi connectivity index (χ4n) is 3.99. The zero-order chi connectivity index (χ0) is 18.8. The largest absolute Gasteiger partial charge is 0.336 e. The Bertz CT molecular complexity index is 853. The van der Waals surface area contributed by atoms with Crippen molar-refractivity contribution in [2.75, 3.05) is 24.5 Å². The Kier molecular flexibility index (Phi) is 4.79. The van der Waals surface area contributed by atoms with Crippen LogP contribution in [0.2, 0.25) is 0 Å². The van der Waals surface area contributed by atoms with Gasteiger partial charge in [-0.15, -0.1) is 0 Å². The normalized spacial score (nSPS) is 19.9. The van der Waals surface area contributed by atoms with Gasteiger partial charge >= 0.3 is 6.03 Å². The number of urea groups is 1. The smallest absolute Gasteiger partial charge is 0.322 e. The fraction of sp³-hybridized carbons (Fsp3) is 0.381. The Morgan fingerprint density at radius 2 is 2.11 bits per heavy atom. The lowest BCUT2D eigenvalue weighted by Gasteiger charge is -2.36. The number of carbonyl (C=O) groups is 2. The van der Waals surface area contributed by atoms with Crippen molar-refractivity contribution in [3.63, 3.8) is 0 Å². The van der Waals surface area contributed by atoms with E-state index in [1.54, 1.807) is 11.1 Å². The Labute approximate surface area is 159 Å². The van der Waals surface area contributed by atoms with Crippen LogP contribution in [0.25, 0.3) is 0 Å². The number of anilines is 1. The summed E-state index contributed by atoms with van der Waals surface area (Å²) in [5, 5.41) is 2.82. The minimum absolute atomic E-state index is 0.0180. The number of carbonyl (C=O) groups excluding carboxylic acids is 2. The van der Waals surface area contributed by atoms with Crippen molar-refractivity contribution >= 4 is 17.6 Å². The maximum atomic E-state index is 13.3. The molecule has 2 aliphatic rings. The molecule has 1 aromatic carbocycles. The fourth-order valence-corrected chi connectivity index (χ4v) is 3.99. The van der Waals surface area contributed by atoms with E-state index in [1.807, 2.05) is 48.4 Å². The van der Waals surface area contributed by atoms with E-state index in [2.05, 4.69) is 10.3 Å². The summed E-state index contributed by atoms with van der Waals surface area (Å²) in [5.74, 6) is 0.0180. The molecule has 3 heterocycles. The van der Waals surface area contributed by atoms with Crippen molar-refractivity contribution in [3.05, 3.63) is 59.4 Å². The third-order valence-electron chi connectivity index (χ3n) is 5.44. The Morgan fingerprint density at radius 1 is 1.22 bits per heavy atom. The van der Waals surface area contributed by atoms with Gasteiger partial charge in [0.05, 0.1) is 6.04 Å². The predicted molar refractivity (Wildman–Crippen MR) is 104 cm³/mol. The van der Waals surface area contributed by atoms with Crippen LogP contribution >= 0.6 is 0 Å². The van der Waals surface area contributed by atoms with Crippen LogP contribution in [0.15, 0.2) is 42.7 Å². The van der Waals surface area contributed by atoms with Gasteiger partial charge in [0.1, 0.15) is 0 Å². The molecule has 0 aliphatic carbocycles. The van der Waals surface area contributed by atoms with Crippen molar-refractivity contribution in [2.45, 2.75) is 32.2 Å². The summed E-state index contributed by atoms with van der Waals surface area (Å²) in [4.78, 5) is 33.3. The van der Waals surface area contributed by atoms with Gasteiger partial charge in [-0.2, -0.15) is 0 Å². The van der Waals surface area contributed by atoms with Gasteiger partial charge < -0.3 is 10.2 Å². The van der Waals surface area contributed by atoms with Crippen molar-refractivity contribution in [1.82, 2.24) is 15.2 Å². The molecule has 2 aromatic rings. The average molecular weight is 364 g/mol. The van der Waals surface area contributed by atoms with Gasteiger partial charge in [-0.1, -0.05) is 12.1 Å². The molecule has 0 unspecified atom stereocenters. The molecule has 1 aromatic heterocycles. The standard InChI is InChI=1S/C21H24N4O2/c1-15-7-8-16(13-19(15)25-12-10-23-21(25)27)20(26)24-11-3-2-6-18(24)17-5-4-9-22-14-17/h4-5,7-9,13-14,18H,2-3,6,10-12H2,1H3,(H,23,27)/t18-/m0/s1. The molecule has 6 heteroatoms. The van der Waals surface area contributed by atoms with E-state index in [-0.39, 0.29) is 18.0 Å². The molecule has 0 radical (unpaired) electrons. The number of likely N-dealkylation sites (tertiary alicyclic amines) is 1. The topological polar surface area (TPSA) is 65.5 Å². The lowest BCUT2D eigenvalue weighted by molar-refractivity contribution is 0.0611. The van der Waals surface area contributed by atoms with Crippen molar-refractivity contribution < 1.29 is 9.59 Å². The minimum Gasteiger partial charge on any atom is -0.336 e. The second-order valence-electron chi connectivity index (χ2n) is 7.18. The first-order chi connectivity index (χ1) is 13.1. The molecule has 0 bridgehead atoms. The zero-order valence-electron chi connectivity index (χ0n) is 15.5. The van der Waals surface area contributed by atoms with Crippen LogP contribution < -0.4 is 10.2 Å². The molecule has 2 fully saturated rings. The molecular formula is C21H24N4O2. The number of pyridine rings is 1. The SMILES string of the molecule is Cc1ccc(C(=O)N2CCCC[C@H]2c2cccnc2)cc1N1CCNC1=O. The summed E-state index contributed by atoms with van der Waals surface area (Å²) in [6.07, 6.45) is 6.67. The van der Waals surface area contributed by atoms with Crippen LogP contribution in [0.1, 0.15) is 46.8 Å². The van der Waals surface area contributed by atoms with Crippen molar-refractivity contribution in [2.24, 2.45) is 0 Å². The third-order valence-corrected chi connectivity index (χ3v) is 5.44. The average Bonchev–Trinajstić information content (AvgIpc) is 3.14. The van der Waals surface area contributed by atoms with E-state index in [4.69, 9.17) is 0 Å². The number of aromatic nitrogens is 1. The number of aryl methyl sites for hydroxylation is 1. The van der Waals surface area contributed by atoms with E-state index in [1.165, 1.54) is 0 Å². The number of benzene rings is 1. The highest BCUT2D eigenvalue weighted by Crippen LogP contribution is 2.32. The van der Waals surface area contributed by atoms with Crippen molar-refractivity contribution in [3.8, 4) is 0 Å². The van der Waals surface area contributed by atoms with Gasteiger partial charge in [-0.05, 0) is 55.5 Å². The molecule has 0 spiro atoms. The first kappa shape index (κ1) is 17.5. The van der Waals surface area contributed by atoms with E-state index in [0.717, 1.165) is 42.6 Å². The van der Waals surface area contributed by atoms with Gasteiger partial charge in [0.2, 0.25) is 0 Å². The molecule has 1 N–H and O–H groups in total. The molecule has 2 saturated heterocycles. The van der Waals surface area contributed by atoms with Gasteiger partial charge in [0.15, 0.2) is 0 Å². The number of nitrogens with one attached hydrogen (secondary N) is 1. The predicted octanol–water partition coefficient (Wildman–Crippen LogP) is 3.29. The summed E-state index contributed by atoms with van der Waals surface area (Å²) < 4.78 is 0. The summed E-state index contributed by atoms with van der Waals surface area (Å²) in [6, 6.07) is 9.56. The molecule has 140 valence electrons. The highest BCUT2D eigenvalue weighted by atomic mass is 16.2. The second-order valence-corrected chi connectivity index (χ2v) is 7.18. The lowest BCUT2D eigenvalue weighted by Crippen LogP contribution is -2.38. The second kappa shape index (κ2) is 7.39. The minimum atomic E-state index is -0.103. The molecule has 0 saturated carbocycles. The van der Waals surface area contributed by atoms with Crippen molar-refractivity contribution in [1.29, 1.82) is 0 Å². The van der Waals surface area contributed by atoms with Crippen LogP contribution in [-0.4, -0.2) is 41.5 Å². The Hall–Kier alpha value is -2.89. The molecule has 1 atom stereocenters. The van der Waals surface area contributed by atoms with E-state index >= 15 is 0 Å². The number of nitrogens with zero attached hydrogens (tertiary/aromatic N) is 3. The van der Waals surface area contributed by atoms with Gasteiger partial charge in [0, 0.05) is 43.3 Å². The monoisotopic (exact) mass is 364 g/mol. The number of piperidine rings is 1. The van der Waals surface area contributed by atoms with E-state index in [9.17, 15) is 9.59 Å².